The van der Waals surface area contributed by atoms with E-state index >= 15 is 0 Å². The number of hydrogen-bond donors (Lipinski definition) is 1. The Morgan fingerprint density at radius 3 is 2.61 bits per heavy atom. The Labute approximate surface area is 107 Å². The lowest BCUT2D eigenvalue weighted by Crippen LogP contribution is -2.48. The van der Waals surface area contributed by atoms with Gasteiger partial charge in [-0.15, -0.1) is 0 Å². The lowest BCUT2D eigenvalue weighted by Gasteiger charge is -2.32. The zero-order valence-corrected chi connectivity index (χ0v) is 11.0. The van der Waals surface area contributed by atoms with Crippen molar-refractivity contribution >= 4 is 17.8 Å². The molecule has 0 aromatic carbocycles. The van der Waals surface area contributed by atoms with Crippen LogP contribution in [0.5, 0.6) is 0 Å². The van der Waals surface area contributed by atoms with Crippen molar-refractivity contribution in [2.24, 2.45) is 5.92 Å². The van der Waals surface area contributed by atoms with Crippen molar-refractivity contribution in [3.8, 4) is 0 Å². The van der Waals surface area contributed by atoms with E-state index in [1.165, 1.54) is 4.90 Å². The molecule has 1 rings (SSSR count). The molecule has 1 N–H and O–H groups in total. The molecular weight excluding hydrogens is 236 g/mol. The standard InChI is InChI=1S/C12H20N2O4/c1-8(2)13(3)11(16)7-14-6-9(12(17)18)4-5-10(14)15/h8-9H,4-7H2,1-3H3,(H,17,18). The summed E-state index contributed by atoms with van der Waals surface area (Å²) < 4.78 is 0. The first-order valence-electron chi connectivity index (χ1n) is 6.09. The van der Waals surface area contributed by atoms with Gasteiger partial charge in [0.25, 0.3) is 0 Å². The molecule has 18 heavy (non-hydrogen) atoms. The molecule has 1 fully saturated rings. The highest BCUT2D eigenvalue weighted by molar-refractivity contribution is 5.86. The fraction of sp³-hybridized carbons (Fsp3) is 0.750. The number of carbonyl (C=O) groups is 3. The zero-order valence-electron chi connectivity index (χ0n) is 11.0. The van der Waals surface area contributed by atoms with Gasteiger partial charge in [-0.1, -0.05) is 0 Å². The molecule has 1 heterocycles. The van der Waals surface area contributed by atoms with Crippen LogP contribution < -0.4 is 0 Å². The number of hydrogen-bond acceptors (Lipinski definition) is 3. The smallest absolute Gasteiger partial charge is 0.308 e. The molecule has 0 radical (unpaired) electrons. The summed E-state index contributed by atoms with van der Waals surface area (Å²) in [6.07, 6.45) is 0.564. The number of amides is 2. The second kappa shape index (κ2) is 5.84. The molecule has 0 saturated carbocycles. The third-order valence-corrected chi connectivity index (χ3v) is 3.34. The van der Waals surface area contributed by atoms with Gasteiger partial charge < -0.3 is 14.9 Å². The maximum absolute atomic E-state index is 11.9. The van der Waals surface area contributed by atoms with Gasteiger partial charge in [0.2, 0.25) is 11.8 Å². The monoisotopic (exact) mass is 256 g/mol. The van der Waals surface area contributed by atoms with Gasteiger partial charge in [-0.2, -0.15) is 0 Å². The van der Waals surface area contributed by atoms with E-state index < -0.39 is 11.9 Å². The maximum atomic E-state index is 11.9. The molecule has 1 aliphatic heterocycles. The second-order valence-electron chi connectivity index (χ2n) is 4.95. The van der Waals surface area contributed by atoms with Crippen molar-refractivity contribution in [2.45, 2.75) is 32.7 Å². The van der Waals surface area contributed by atoms with Crippen LogP contribution >= 0.6 is 0 Å². The lowest BCUT2D eigenvalue weighted by atomic mass is 9.98. The van der Waals surface area contributed by atoms with E-state index in [-0.39, 0.29) is 37.4 Å². The molecule has 0 aromatic rings. The Morgan fingerprint density at radius 2 is 2.11 bits per heavy atom. The average Bonchev–Trinajstić information content (AvgIpc) is 2.30. The van der Waals surface area contributed by atoms with Crippen LogP contribution in [0.4, 0.5) is 0 Å². The summed E-state index contributed by atoms with van der Waals surface area (Å²) in [6, 6.07) is 0.0627. The van der Waals surface area contributed by atoms with Gasteiger partial charge in [0.05, 0.1) is 12.5 Å². The number of likely N-dealkylation sites (N-methyl/N-ethyl adjacent to an activating group) is 1. The van der Waals surface area contributed by atoms with Crippen LogP contribution in [0.1, 0.15) is 26.7 Å². The molecule has 6 nitrogen and oxygen atoms in total. The third-order valence-electron chi connectivity index (χ3n) is 3.34. The van der Waals surface area contributed by atoms with Crippen molar-refractivity contribution in [1.82, 2.24) is 9.80 Å². The summed E-state index contributed by atoms with van der Waals surface area (Å²) in [5.41, 5.74) is 0. The number of nitrogens with zero attached hydrogens (tertiary/aromatic N) is 2. The minimum Gasteiger partial charge on any atom is -0.481 e. The van der Waals surface area contributed by atoms with E-state index in [1.807, 2.05) is 13.8 Å². The summed E-state index contributed by atoms with van der Waals surface area (Å²) in [4.78, 5) is 37.3. The van der Waals surface area contributed by atoms with Crippen molar-refractivity contribution in [3.05, 3.63) is 0 Å². The molecule has 102 valence electrons. The van der Waals surface area contributed by atoms with Crippen LogP contribution in [-0.4, -0.2) is 58.9 Å². The van der Waals surface area contributed by atoms with E-state index in [2.05, 4.69) is 0 Å². The first-order valence-corrected chi connectivity index (χ1v) is 6.09. The topological polar surface area (TPSA) is 77.9 Å². The van der Waals surface area contributed by atoms with E-state index in [1.54, 1.807) is 11.9 Å². The summed E-state index contributed by atoms with van der Waals surface area (Å²) in [7, 11) is 1.68. The molecule has 1 atom stereocenters. The fourth-order valence-corrected chi connectivity index (χ4v) is 1.83. The van der Waals surface area contributed by atoms with Gasteiger partial charge >= 0.3 is 5.97 Å². The third kappa shape index (κ3) is 3.45. The highest BCUT2D eigenvalue weighted by Crippen LogP contribution is 2.17. The fourth-order valence-electron chi connectivity index (χ4n) is 1.83. The number of piperidine rings is 1. The van der Waals surface area contributed by atoms with Gasteiger partial charge in [0.15, 0.2) is 0 Å². The zero-order chi connectivity index (χ0) is 13.9. The van der Waals surface area contributed by atoms with Crippen LogP contribution in [0.25, 0.3) is 0 Å². The van der Waals surface area contributed by atoms with Gasteiger partial charge in [0.1, 0.15) is 0 Å². The predicted octanol–water partition coefficient (Wildman–Crippen LogP) is 0.176. The molecular formula is C12H20N2O4. The molecule has 1 saturated heterocycles. The molecule has 1 aliphatic rings. The maximum Gasteiger partial charge on any atom is 0.308 e. The van der Waals surface area contributed by atoms with Crippen molar-refractivity contribution in [3.63, 3.8) is 0 Å². The van der Waals surface area contributed by atoms with Crippen LogP contribution in [0, 0.1) is 5.92 Å². The quantitative estimate of drug-likeness (QED) is 0.778. The van der Waals surface area contributed by atoms with Gasteiger partial charge in [-0.3, -0.25) is 14.4 Å². The number of aliphatic carboxylic acids is 1. The van der Waals surface area contributed by atoms with Gasteiger partial charge in [-0.05, 0) is 20.3 Å². The van der Waals surface area contributed by atoms with Crippen LogP contribution in [-0.2, 0) is 14.4 Å². The first kappa shape index (κ1) is 14.5. The Balaban J connectivity index is 2.61. The number of carbonyl (C=O) groups excluding carboxylic acids is 2. The second-order valence-corrected chi connectivity index (χ2v) is 4.95. The van der Waals surface area contributed by atoms with Crippen molar-refractivity contribution in [2.75, 3.05) is 20.1 Å². The van der Waals surface area contributed by atoms with Crippen molar-refractivity contribution in [1.29, 1.82) is 0 Å². The average molecular weight is 256 g/mol. The molecule has 0 aliphatic carbocycles. The summed E-state index contributed by atoms with van der Waals surface area (Å²) in [5.74, 6) is -1.76. The van der Waals surface area contributed by atoms with E-state index in [4.69, 9.17) is 5.11 Å². The molecule has 0 aromatic heterocycles. The summed E-state index contributed by atoms with van der Waals surface area (Å²) in [5, 5.41) is 8.94. The molecule has 1 unspecified atom stereocenters. The van der Waals surface area contributed by atoms with Crippen LogP contribution in [0.3, 0.4) is 0 Å². The molecule has 2 amide bonds. The molecule has 0 bridgehead atoms. The number of rotatable bonds is 4. The minimum absolute atomic E-state index is 0.0305. The summed E-state index contributed by atoms with van der Waals surface area (Å²) in [6.45, 7) is 3.87. The Morgan fingerprint density at radius 1 is 1.50 bits per heavy atom. The minimum atomic E-state index is -0.905. The predicted molar refractivity (Wildman–Crippen MR) is 64.8 cm³/mol. The van der Waals surface area contributed by atoms with Crippen LogP contribution in [0.15, 0.2) is 0 Å². The molecule has 0 spiro atoms. The SMILES string of the molecule is CC(C)N(C)C(=O)CN1CC(C(=O)O)CCC1=O. The lowest BCUT2D eigenvalue weighted by molar-refractivity contribution is -0.150. The highest BCUT2D eigenvalue weighted by atomic mass is 16.4. The van der Waals surface area contributed by atoms with Gasteiger partial charge in [0, 0.05) is 26.1 Å². The molecule has 6 heteroatoms. The Kier molecular flexibility index (Phi) is 4.69. The first-order chi connectivity index (χ1) is 8.32. The van der Waals surface area contributed by atoms with Crippen LogP contribution in [0.2, 0.25) is 0 Å². The summed E-state index contributed by atoms with van der Waals surface area (Å²) >= 11 is 0. The Hall–Kier alpha value is -1.59. The number of carboxylic acids is 1. The Bertz CT molecular complexity index is 354. The normalized spacial score (nSPS) is 20.1. The van der Waals surface area contributed by atoms with E-state index in [0.717, 1.165) is 0 Å². The van der Waals surface area contributed by atoms with Gasteiger partial charge in [-0.25, -0.2) is 0 Å². The van der Waals surface area contributed by atoms with E-state index in [0.29, 0.717) is 6.42 Å². The highest BCUT2D eigenvalue weighted by Gasteiger charge is 2.31. The van der Waals surface area contributed by atoms with Crippen molar-refractivity contribution < 1.29 is 19.5 Å². The van der Waals surface area contributed by atoms with E-state index in [9.17, 15) is 14.4 Å². The number of carboxylic acid groups (broad SMARTS) is 1. The number of likely N-dealkylation sites (tertiary alicyclic amines) is 1. The largest absolute Gasteiger partial charge is 0.481 e.